The maximum Gasteiger partial charge on any atom is 0.323 e. The van der Waals surface area contributed by atoms with Crippen LogP contribution in [0.4, 0.5) is 0 Å². The molecule has 1 atom stereocenters. The zero-order chi connectivity index (χ0) is 17.4. The van der Waals surface area contributed by atoms with Gasteiger partial charge in [-0.05, 0) is 18.4 Å². The number of rotatable bonds is 6. The fourth-order valence-corrected chi connectivity index (χ4v) is 4.35. The summed E-state index contributed by atoms with van der Waals surface area (Å²) >= 11 is 1.32. The molecule has 0 spiro atoms. The summed E-state index contributed by atoms with van der Waals surface area (Å²) in [5.41, 5.74) is 0.0246. The average molecular weight is 352 g/mol. The molecular formula is C15H16N2O6S. The molecule has 0 bridgehead atoms. The molecule has 0 saturated carbocycles. The third-order valence-corrected chi connectivity index (χ3v) is 5.29. The van der Waals surface area contributed by atoms with Crippen LogP contribution in [0.5, 0.6) is 0 Å². The summed E-state index contributed by atoms with van der Waals surface area (Å²) in [6.45, 7) is -0.205. The van der Waals surface area contributed by atoms with Gasteiger partial charge in [0.2, 0.25) is 0 Å². The Bertz CT molecular complexity index is 884. The summed E-state index contributed by atoms with van der Waals surface area (Å²) in [4.78, 5) is 41.2. The number of thiophene rings is 1. The second-order valence-electron chi connectivity index (χ2n) is 5.60. The highest BCUT2D eigenvalue weighted by atomic mass is 32.1. The molecule has 2 aromatic heterocycles. The van der Waals surface area contributed by atoms with E-state index >= 15 is 0 Å². The number of carbonyl (C=O) groups is 2. The standard InChI is InChI=1S/C15H16N2O6S/c1-23-5-4-9-16-13-12(14(20)17(9)6-10(18)19)11-7(15(21)22)2-3-8(11)24-13/h7H,2-6H2,1H3,(H,18,19)(H,21,22). The van der Waals surface area contributed by atoms with Gasteiger partial charge in [0.1, 0.15) is 17.2 Å². The van der Waals surface area contributed by atoms with Crippen LogP contribution in [-0.4, -0.2) is 45.4 Å². The number of ether oxygens (including phenoxy) is 1. The highest BCUT2D eigenvalue weighted by molar-refractivity contribution is 7.18. The van der Waals surface area contributed by atoms with E-state index in [4.69, 9.17) is 9.84 Å². The van der Waals surface area contributed by atoms with Crippen LogP contribution in [0.25, 0.3) is 10.2 Å². The first kappa shape index (κ1) is 16.6. The molecule has 0 fully saturated rings. The van der Waals surface area contributed by atoms with Crippen LogP contribution in [0, 0.1) is 0 Å². The number of aliphatic carboxylic acids is 2. The molecule has 9 heteroatoms. The molecule has 0 amide bonds. The molecule has 1 aliphatic carbocycles. The van der Waals surface area contributed by atoms with Crippen molar-refractivity contribution in [2.45, 2.75) is 31.7 Å². The predicted octanol–water partition coefficient (Wildman–Crippen LogP) is 0.846. The van der Waals surface area contributed by atoms with Gasteiger partial charge in [0, 0.05) is 18.4 Å². The fourth-order valence-electron chi connectivity index (χ4n) is 3.10. The van der Waals surface area contributed by atoms with E-state index in [0.29, 0.717) is 42.1 Å². The smallest absolute Gasteiger partial charge is 0.323 e. The monoisotopic (exact) mass is 352 g/mol. The fraction of sp³-hybridized carbons (Fsp3) is 0.467. The Morgan fingerprint density at radius 3 is 2.79 bits per heavy atom. The third kappa shape index (κ3) is 2.69. The van der Waals surface area contributed by atoms with E-state index in [1.165, 1.54) is 18.4 Å². The molecule has 0 radical (unpaired) electrons. The van der Waals surface area contributed by atoms with E-state index in [1.54, 1.807) is 0 Å². The second-order valence-corrected chi connectivity index (χ2v) is 6.69. The summed E-state index contributed by atoms with van der Waals surface area (Å²) in [5, 5.41) is 18.7. The van der Waals surface area contributed by atoms with E-state index < -0.39 is 30.0 Å². The SMILES string of the molecule is COCCc1nc2sc3c(c2c(=O)n1CC(=O)O)C(C(=O)O)CC3. The van der Waals surface area contributed by atoms with E-state index in [1.807, 2.05) is 0 Å². The maximum absolute atomic E-state index is 12.9. The Morgan fingerprint density at radius 1 is 1.42 bits per heavy atom. The van der Waals surface area contributed by atoms with Crippen LogP contribution in [-0.2, 0) is 33.7 Å². The van der Waals surface area contributed by atoms with Gasteiger partial charge in [-0.15, -0.1) is 11.3 Å². The normalized spacial score (nSPS) is 16.5. The highest BCUT2D eigenvalue weighted by Crippen LogP contribution is 2.42. The first-order chi connectivity index (χ1) is 11.4. The van der Waals surface area contributed by atoms with Crippen molar-refractivity contribution in [1.29, 1.82) is 0 Å². The topological polar surface area (TPSA) is 119 Å². The molecule has 0 aliphatic heterocycles. The minimum Gasteiger partial charge on any atom is -0.481 e. The van der Waals surface area contributed by atoms with Gasteiger partial charge in [-0.25, -0.2) is 4.98 Å². The zero-order valence-electron chi connectivity index (χ0n) is 12.9. The molecule has 8 nitrogen and oxygen atoms in total. The van der Waals surface area contributed by atoms with Crippen molar-refractivity contribution in [2.24, 2.45) is 0 Å². The van der Waals surface area contributed by atoms with Crippen LogP contribution in [0.1, 0.15) is 28.6 Å². The largest absolute Gasteiger partial charge is 0.481 e. The van der Waals surface area contributed by atoms with Crippen LogP contribution < -0.4 is 5.56 Å². The second kappa shape index (κ2) is 6.33. The molecule has 1 aliphatic rings. The van der Waals surface area contributed by atoms with Gasteiger partial charge in [-0.3, -0.25) is 19.0 Å². The van der Waals surface area contributed by atoms with Gasteiger partial charge < -0.3 is 14.9 Å². The molecule has 1 unspecified atom stereocenters. The lowest BCUT2D eigenvalue weighted by Crippen LogP contribution is -2.29. The Labute approximate surface area is 140 Å². The molecule has 128 valence electrons. The number of fused-ring (bicyclic) bond motifs is 3. The van der Waals surface area contributed by atoms with E-state index in [9.17, 15) is 19.5 Å². The number of methoxy groups -OCH3 is 1. The molecule has 2 heterocycles. The number of nitrogens with zero attached hydrogens (tertiary/aromatic N) is 2. The first-order valence-electron chi connectivity index (χ1n) is 7.42. The number of aryl methyl sites for hydroxylation is 1. The predicted molar refractivity (Wildman–Crippen MR) is 85.8 cm³/mol. The molecule has 0 saturated heterocycles. The highest BCUT2D eigenvalue weighted by Gasteiger charge is 2.34. The summed E-state index contributed by atoms with van der Waals surface area (Å²) in [6, 6.07) is 0. The van der Waals surface area contributed by atoms with Crippen molar-refractivity contribution in [3.05, 3.63) is 26.6 Å². The Hall–Kier alpha value is -2.26. The molecular weight excluding hydrogens is 336 g/mol. The van der Waals surface area contributed by atoms with Gasteiger partial charge in [0.25, 0.3) is 5.56 Å². The molecule has 2 N–H and O–H groups in total. The molecule has 0 aromatic carbocycles. The van der Waals surface area contributed by atoms with Crippen LogP contribution in [0.2, 0.25) is 0 Å². The summed E-state index contributed by atoms with van der Waals surface area (Å²) in [6.07, 6.45) is 1.36. The van der Waals surface area contributed by atoms with E-state index in [2.05, 4.69) is 4.98 Å². The van der Waals surface area contributed by atoms with E-state index in [-0.39, 0.29) is 5.39 Å². The number of carboxylic acid groups (broad SMARTS) is 2. The Morgan fingerprint density at radius 2 is 2.17 bits per heavy atom. The van der Waals surface area contributed by atoms with Gasteiger partial charge in [-0.1, -0.05) is 0 Å². The Kier molecular flexibility index (Phi) is 4.37. The van der Waals surface area contributed by atoms with Gasteiger partial charge >= 0.3 is 11.9 Å². The minimum absolute atomic E-state index is 0.252. The van der Waals surface area contributed by atoms with Gasteiger partial charge in [0.15, 0.2) is 0 Å². The summed E-state index contributed by atoms with van der Waals surface area (Å²) in [7, 11) is 1.51. The lowest BCUT2D eigenvalue weighted by Gasteiger charge is -2.11. The van der Waals surface area contributed by atoms with Crippen molar-refractivity contribution < 1.29 is 24.5 Å². The average Bonchev–Trinajstić information content (AvgIpc) is 3.06. The number of aromatic nitrogens is 2. The maximum atomic E-state index is 12.9. The van der Waals surface area contributed by atoms with Crippen molar-refractivity contribution in [1.82, 2.24) is 9.55 Å². The van der Waals surface area contributed by atoms with E-state index in [0.717, 1.165) is 9.44 Å². The van der Waals surface area contributed by atoms with Crippen molar-refractivity contribution >= 4 is 33.5 Å². The van der Waals surface area contributed by atoms with Crippen LogP contribution >= 0.6 is 11.3 Å². The van der Waals surface area contributed by atoms with Crippen molar-refractivity contribution in [3.8, 4) is 0 Å². The molecule has 2 aromatic rings. The number of hydrogen-bond acceptors (Lipinski definition) is 6. The summed E-state index contributed by atoms with van der Waals surface area (Å²) in [5.74, 6) is -2.52. The molecule has 3 rings (SSSR count). The zero-order valence-corrected chi connectivity index (χ0v) is 13.8. The lowest BCUT2D eigenvalue weighted by molar-refractivity contribution is -0.139. The number of carboxylic acids is 2. The van der Waals surface area contributed by atoms with Crippen LogP contribution in [0.15, 0.2) is 4.79 Å². The molecule has 24 heavy (non-hydrogen) atoms. The van der Waals surface area contributed by atoms with Gasteiger partial charge in [0.05, 0.1) is 17.9 Å². The number of hydrogen-bond donors (Lipinski definition) is 2. The minimum atomic E-state index is -1.15. The Balaban J connectivity index is 2.24. The first-order valence-corrected chi connectivity index (χ1v) is 8.24. The van der Waals surface area contributed by atoms with Crippen molar-refractivity contribution in [3.63, 3.8) is 0 Å². The van der Waals surface area contributed by atoms with Crippen LogP contribution in [0.3, 0.4) is 0 Å². The quantitative estimate of drug-likeness (QED) is 0.791. The third-order valence-electron chi connectivity index (χ3n) is 4.13. The lowest BCUT2D eigenvalue weighted by atomic mass is 10.0. The summed E-state index contributed by atoms with van der Waals surface area (Å²) < 4.78 is 6.10. The van der Waals surface area contributed by atoms with Gasteiger partial charge in [-0.2, -0.15) is 0 Å². The van der Waals surface area contributed by atoms with Crippen molar-refractivity contribution in [2.75, 3.05) is 13.7 Å².